The minimum Gasteiger partial charge on any atom is -0.463 e. The maximum Gasteiger partial charge on any atom is 0.337 e. The second-order valence-corrected chi connectivity index (χ2v) is 9.34. The van der Waals surface area contributed by atoms with Crippen molar-refractivity contribution < 1.29 is 22.4 Å². The molecule has 1 aliphatic heterocycles. The van der Waals surface area contributed by atoms with Crippen LogP contribution in [0.4, 0.5) is 0 Å². The number of ether oxygens (including phenoxy) is 1. The highest BCUT2D eigenvalue weighted by Crippen LogP contribution is 2.30. The van der Waals surface area contributed by atoms with E-state index in [2.05, 4.69) is 0 Å². The third-order valence-electron chi connectivity index (χ3n) is 5.43. The minimum atomic E-state index is -3.77. The van der Waals surface area contributed by atoms with Crippen LogP contribution >= 0.6 is 0 Å². The first-order valence-electron chi connectivity index (χ1n) is 10.0. The first-order chi connectivity index (χ1) is 14.8. The van der Waals surface area contributed by atoms with Crippen LogP contribution in [0.5, 0.6) is 0 Å². The van der Waals surface area contributed by atoms with Crippen molar-refractivity contribution in [2.45, 2.75) is 26.4 Å². The quantitative estimate of drug-likeness (QED) is 0.562. The number of carbonyl (C=O) groups excluding carboxylic acids is 1. The summed E-state index contributed by atoms with van der Waals surface area (Å²) in [5.74, 6) is 0.191. The average molecular weight is 441 g/mol. The van der Waals surface area contributed by atoms with Crippen LogP contribution in [0.3, 0.4) is 0 Å². The lowest BCUT2D eigenvalue weighted by Crippen LogP contribution is -2.49. The van der Waals surface area contributed by atoms with Gasteiger partial charge in [-0.25, -0.2) is 4.79 Å². The normalized spacial score (nSPS) is 18.7. The lowest BCUT2D eigenvalue weighted by Gasteiger charge is -2.36. The number of para-hydroxylation sites is 1. The summed E-state index contributed by atoms with van der Waals surface area (Å²) in [7, 11) is -2.31. The van der Waals surface area contributed by atoms with Gasteiger partial charge in [-0.05, 0) is 37.6 Å². The number of hydrogen-bond donors (Lipinski definition) is 0. The Labute approximate surface area is 181 Å². The monoisotopic (exact) mass is 440 g/mol. The van der Waals surface area contributed by atoms with E-state index in [1.165, 1.54) is 21.9 Å². The molecule has 0 N–H and O–H groups in total. The number of nitrogens with zero attached hydrogens (tertiary/aromatic N) is 2. The molecule has 2 heterocycles. The molecule has 0 aliphatic carbocycles. The summed E-state index contributed by atoms with van der Waals surface area (Å²) in [4.78, 5) is 12.3. The van der Waals surface area contributed by atoms with Gasteiger partial charge in [0.15, 0.2) is 0 Å². The molecule has 0 amide bonds. The topological polar surface area (TPSA) is 80.1 Å². The van der Waals surface area contributed by atoms with Crippen molar-refractivity contribution in [2.75, 3.05) is 13.7 Å². The van der Waals surface area contributed by atoms with E-state index in [1.807, 2.05) is 54.6 Å². The summed E-state index contributed by atoms with van der Waals surface area (Å²) in [5, 5.41) is 0.999. The first kappa shape index (κ1) is 21.1. The fourth-order valence-corrected chi connectivity index (χ4v) is 4.99. The molecule has 31 heavy (non-hydrogen) atoms. The molecule has 2 aromatic carbocycles. The van der Waals surface area contributed by atoms with Gasteiger partial charge >= 0.3 is 16.2 Å². The van der Waals surface area contributed by atoms with Gasteiger partial charge in [0, 0.05) is 24.2 Å². The van der Waals surface area contributed by atoms with Crippen LogP contribution < -0.4 is 0 Å². The van der Waals surface area contributed by atoms with Crippen molar-refractivity contribution in [1.29, 1.82) is 0 Å². The smallest absolute Gasteiger partial charge is 0.337 e. The third-order valence-corrected chi connectivity index (χ3v) is 7.30. The second kappa shape index (κ2) is 8.20. The Morgan fingerprint density at radius 3 is 2.65 bits per heavy atom. The van der Waals surface area contributed by atoms with E-state index in [0.717, 1.165) is 22.1 Å². The standard InChI is InChI=1S/C23H24N2O5S/c1-4-29-23(26)20-15-25(31(27,28)24(3)16(20)2)14-17-8-7-10-18(12-17)22-13-19-9-5-6-11-21(19)30-22/h5-13,15-16H,4,14H2,1-3H3. The van der Waals surface area contributed by atoms with Crippen molar-refractivity contribution in [3.63, 3.8) is 0 Å². The molecule has 3 aromatic rings. The summed E-state index contributed by atoms with van der Waals surface area (Å²) in [5.41, 5.74) is 2.70. The molecule has 162 valence electrons. The van der Waals surface area contributed by atoms with Gasteiger partial charge < -0.3 is 9.15 Å². The lowest BCUT2D eigenvalue weighted by molar-refractivity contribution is -0.139. The van der Waals surface area contributed by atoms with Crippen LogP contribution in [0.15, 0.2) is 70.8 Å². The van der Waals surface area contributed by atoms with E-state index in [-0.39, 0.29) is 13.2 Å². The summed E-state index contributed by atoms with van der Waals surface area (Å²) in [6.45, 7) is 3.68. The highest BCUT2D eigenvalue weighted by atomic mass is 32.2. The molecule has 1 aromatic heterocycles. The molecule has 1 aliphatic rings. The van der Waals surface area contributed by atoms with Crippen LogP contribution in [0.25, 0.3) is 22.3 Å². The third kappa shape index (κ3) is 3.96. The van der Waals surface area contributed by atoms with Crippen molar-refractivity contribution in [3.8, 4) is 11.3 Å². The van der Waals surface area contributed by atoms with E-state index in [0.29, 0.717) is 11.3 Å². The van der Waals surface area contributed by atoms with Crippen LogP contribution in [0.1, 0.15) is 19.4 Å². The number of esters is 1. The summed E-state index contributed by atoms with van der Waals surface area (Å²) < 4.78 is 39.3. The summed E-state index contributed by atoms with van der Waals surface area (Å²) in [6, 6.07) is 16.6. The number of fused-ring (bicyclic) bond motifs is 1. The Hall–Kier alpha value is -3.10. The minimum absolute atomic E-state index is 0.0797. The van der Waals surface area contributed by atoms with Gasteiger partial charge in [-0.2, -0.15) is 12.7 Å². The number of likely N-dealkylation sites (N-methyl/N-ethyl adjacent to an activating group) is 1. The number of carbonyl (C=O) groups is 1. The van der Waals surface area contributed by atoms with Crippen LogP contribution in [0, 0.1) is 0 Å². The Morgan fingerprint density at radius 2 is 1.90 bits per heavy atom. The molecule has 4 rings (SSSR count). The van der Waals surface area contributed by atoms with E-state index in [4.69, 9.17) is 9.15 Å². The number of benzene rings is 2. The fourth-order valence-electron chi connectivity index (χ4n) is 3.58. The molecule has 1 unspecified atom stereocenters. The maximum atomic E-state index is 13.0. The molecule has 0 spiro atoms. The molecule has 0 radical (unpaired) electrons. The zero-order valence-electron chi connectivity index (χ0n) is 17.6. The van der Waals surface area contributed by atoms with E-state index in [1.54, 1.807) is 13.8 Å². The lowest BCUT2D eigenvalue weighted by atomic mass is 10.1. The number of rotatable bonds is 5. The summed E-state index contributed by atoms with van der Waals surface area (Å²) in [6.07, 6.45) is 1.38. The van der Waals surface area contributed by atoms with Crippen molar-refractivity contribution in [2.24, 2.45) is 0 Å². The fraction of sp³-hybridized carbons (Fsp3) is 0.261. The molecular weight excluding hydrogens is 416 g/mol. The summed E-state index contributed by atoms with van der Waals surface area (Å²) >= 11 is 0. The van der Waals surface area contributed by atoms with Gasteiger partial charge in [-0.15, -0.1) is 0 Å². The van der Waals surface area contributed by atoms with E-state index < -0.39 is 22.2 Å². The zero-order chi connectivity index (χ0) is 22.2. The van der Waals surface area contributed by atoms with Gasteiger partial charge in [0.25, 0.3) is 0 Å². The van der Waals surface area contributed by atoms with Crippen molar-refractivity contribution in [3.05, 3.63) is 71.9 Å². The van der Waals surface area contributed by atoms with Crippen LogP contribution in [-0.2, 0) is 26.3 Å². The Morgan fingerprint density at radius 1 is 1.13 bits per heavy atom. The van der Waals surface area contributed by atoms with Gasteiger partial charge in [0.05, 0.1) is 24.8 Å². The molecule has 0 bridgehead atoms. The van der Waals surface area contributed by atoms with Gasteiger partial charge in [-0.3, -0.25) is 4.31 Å². The molecule has 0 saturated carbocycles. The van der Waals surface area contributed by atoms with Gasteiger partial charge in [0.2, 0.25) is 0 Å². The zero-order valence-corrected chi connectivity index (χ0v) is 18.4. The highest BCUT2D eigenvalue weighted by molar-refractivity contribution is 7.86. The predicted molar refractivity (Wildman–Crippen MR) is 118 cm³/mol. The largest absolute Gasteiger partial charge is 0.463 e. The Bertz CT molecular complexity index is 1230. The molecule has 1 atom stereocenters. The Balaban J connectivity index is 1.67. The van der Waals surface area contributed by atoms with Gasteiger partial charge in [-0.1, -0.05) is 36.4 Å². The molecule has 0 saturated heterocycles. The average Bonchev–Trinajstić information content (AvgIpc) is 3.19. The number of hydrogen-bond acceptors (Lipinski definition) is 5. The predicted octanol–water partition coefficient (Wildman–Crippen LogP) is 3.93. The van der Waals surface area contributed by atoms with E-state index >= 15 is 0 Å². The molecular formula is C23H24N2O5S. The van der Waals surface area contributed by atoms with Crippen molar-refractivity contribution >= 4 is 27.1 Å². The van der Waals surface area contributed by atoms with Crippen LogP contribution in [0.2, 0.25) is 0 Å². The van der Waals surface area contributed by atoms with E-state index in [9.17, 15) is 13.2 Å². The SMILES string of the molecule is CCOC(=O)C1=CN(Cc2cccc(-c3cc4ccccc4o3)c2)S(=O)(=O)N(C)C1C. The first-order valence-corrected chi connectivity index (χ1v) is 11.4. The molecule has 8 heteroatoms. The molecule has 7 nitrogen and oxygen atoms in total. The Kier molecular flexibility index (Phi) is 5.60. The van der Waals surface area contributed by atoms with Crippen molar-refractivity contribution in [1.82, 2.24) is 8.61 Å². The van der Waals surface area contributed by atoms with Crippen LogP contribution in [-0.4, -0.2) is 42.7 Å². The second-order valence-electron chi connectivity index (χ2n) is 7.40. The van der Waals surface area contributed by atoms with Gasteiger partial charge in [0.1, 0.15) is 11.3 Å². The number of furan rings is 1. The maximum absolute atomic E-state index is 13.0. The molecule has 0 fully saturated rings. The highest BCUT2D eigenvalue weighted by Gasteiger charge is 2.38.